The van der Waals surface area contributed by atoms with E-state index in [0.29, 0.717) is 25.7 Å². The molecule has 6 nitrogen and oxygen atoms in total. The monoisotopic (exact) mass is 927 g/mol. The third-order valence-electron chi connectivity index (χ3n) is 10.9. The molecule has 0 heterocycles. The summed E-state index contributed by atoms with van der Waals surface area (Å²) in [5, 5.41) is 0. The lowest BCUT2D eigenvalue weighted by molar-refractivity contribution is -0.167. The molecule has 0 fully saturated rings. The van der Waals surface area contributed by atoms with Crippen LogP contribution in [-0.2, 0) is 28.6 Å². The SMILES string of the molecule is CC/C=C\C/C=C\C/C=C\C/C=C\C/C=C\C/C=C\CCCCC(=O)OCC(COC(=O)CCCCC/C=C\C/C=C\C/C=C\CC)OC(=O)CCCCCCC/C=C\CCCCCCCC. The first-order valence-corrected chi connectivity index (χ1v) is 27.0. The number of hydrogen-bond donors (Lipinski definition) is 0. The average Bonchev–Trinajstić information content (AvgIpc) is 3.33. The molecule has 0 aromatic heterocycles. The number of carbonyl (C=O) groups is 3. The summed E-state index contributed by atoms with van der Waals surface area (Å²) in [6.07, 6.45) is 74.7. The molecule has 0 bridgehead atoms. The lowest BCUT2D eigenvalue weighted by Gasteiger charge is -2.18. The van der Waals surface area contributed by atoms with Crippen molar-refractivity contribution in [3.63, 3.8) is 0 Å². The van der Waals surface area contributed by atoms with E-state index in [4.69, 9.17) is 14.2 Å². The zero-order valence-electron chi connectivity index (χ0n) is 43.1. The predicted octanol–water partition coefficient (Wildman–Crippen LogP) is 18.1. The van der Waals surface area contributed by atoms with Gasteiger partial charge in [0.2, 0.25) is 0 Å². The Bertz CT molecular complexity index is 1440. The highest BCUT2D eigenvalue weighted by atomic mass is 16.6. The molecule has 0 aliphatic heterocycles. The van der Waals surface area contributed by atoms with Crippen LogP contribution in [0.5, 0.6) is 0 Å². The van der Waals surface area contributed by atoms with Crippen LogP contribution in [0, 0.1) is 0 Å². The molecule has 0 aliphatic carbocycles. The Balaban J connectivity index is 4.51. The van der Waals surface area contributed by atoms with Crippen molar-refractivity contribution in [1.29, 1.82) is 0 Å². The van der Waals surface area contributed by atoms with E-state index < -0.39 is 6.10 Å². The van der Waals surface area contributed by atoms with Gasteiger partial charge in [-0.05, 0) is 128 Å². The van der Waals surface area contributed by atoms with Gasteiger partial charge in [-0.25, -0.2) is 0 Å². The largest absolute Gasteiger partial charge is 0.462 e. The van der Waals surface area contributed by atoms with Crippen LogP contribution < -0.4 is 0 Å². The summed E-state index contributed by atoms with van der Waals surface area (Å²) in [4.78, 5) is 38.0. The van der Waals surface area contributed by atoms with Crippen molar-refractivity contribution in [3.05, 3.63) is 122 Å². The molecule has 0 aliphatic rings. The van der Waals surface area contributed by atoms with Gasteiger partial charge in [0.25, 0.3) is 0 Å². The van der Waals surface area contributed by atoms with Gasteiger partial charge in [-0.2, -0.15) is 0 Å². The van der Waals surface area contributed by atoms with Gasteiger partial charge in [0.15, 0.2) is 6.10 Å². The Labute approximate surface area is 412 Å². The number of rotatable bonds is 47. The van der Waals surface area contributed by atoms with Gasteiger partial charge in [0.1, 0.15) is 13.2 Å². The van der Waals surface area contributed by atoms with Crippen LogP contribution in [0.25, 0.3) is 0 Å². The van der Waals surface area contributed by atoms with E-state index in [9.17, 15) is 14.4 Å². The lowest BCUT2D eigenvalue weighted by Crippen LogP contribution is -2.30. The predicted molar refractivity (Wildman–Crippen MR) is 288 cm³/mol. The smallest absolute Gasteiger partial charge is 0.306 e. The molecule has 0 aromatic rings. The first-order chi connectivity index (χ1) is 33.0. The Hall–Kier alpha value is -4.19. The second-order valence-corrected chi connectivity index (χ2v) is 17.4. The molecule has 378 valence electrons. The van der Waals surface area contributed by atoms with Crippen LogP contribution in [0.2, 0.25) is 0 Å². The molecule has 0 amide bonds. The molecule has 1 unspecified atom stereocenters. The fraction of sp³-hybridized carbons (Fsp3) is 0.623. The number of unbranched alkanes of at least 4 members (excludes halogenated alkanes) is 16. The molecule has 6 heteroatoms. The molecule has 0 radical (unpaired) electrons. The second-order valence-electron chi connectivity index (χ2n) is 17.4. The van der Waals surface area contributed by atoms with Crippen LogP contribution in [0.3, 0.4) is 0 Å². The standard InChI is InChI=1S/C61H98O6/c1-4-7-10-13-16-19-22-25-27-28-29-30-31-32-34-36-39-42-45-48-51-54-60(63)66-57-58(56-65-59(62)53-50-47-44-41-38-35-24-21-18-15-12-9-6-3)67-61(64)55-52-49-46-43-40-37-33-26-23-20-17-14-11-8-5-2/h7,9-10,12,16,18-19,21,25-27,29-30,32-35,38-39,42,58H,4-6,8,11,13-15,17,20,22-24,28,31,36-37,40-41,43-57H2,1-3H3/b10-7-,12-9-,19-16-,21-18-,27-25-,30-29-,33-26-,34-32-,38-35-,42-39-. The minimum absolute atomic E-state index is 0.114. The van der Waals surface area contributed by atoms with E-state index in [1.165, 1.54) is 51.4 Å². The van der Waals surface area contributed by atoms with Gasteiger partial charge in [-0.15, -0.1) is 0 Å². The highest BCUT2D eigenvalue weighted by Crippen LogP contribution is 2.13. The molecule has 0 aromatic carbocycles. The molecule has 0 saturated heterocycles. The summed E-state index contributed by atoms with van der Waals surface area (Å²) >= 11 is 0. The van der Waals surface area contributed by atoms with E-state index in [2.05, 4.69) is 142 Å². The summed E-state index contributed by atoms with van der Waals surface area (Å²) in [6.45, 7) is 6.32. The minimum atomic E-state index is -0.815. The van der Waals surface area contributed by atoms with Crippen molar-refractivity contribution < 1.29 is 28.6 Å². The Morgan fingerprint density at radius 2 is 0.582 bits per heavy atom. The van der Waals surface area contributed by atoms with E-state index in [1.807, 2.05) is 0 Å². The van der Waals surface area contributed by atoms with Crippen molar-refractivity contribution in [2.45, 2.75) is 232 Å². The van der Waals surface area contributed by atoms with Crippen LogP contribution in [0.15, 0.2) is 122 Å². The van der Waals surface area contributed by atoms with Gasteiger partial charge in [0, 0.05) is 19.3 Å². The topological polar surface area (TPSA) is 78.9 Å². The molecule has 67 heavy (non-hydrogen) atoms. The quantitative estimate of drug-likeness (QED) is 0.0262. The van der Waals surface area contributed by atoms with Gasteiger partial charge in [0.05, 0.1) is 0 Å². The summed E-state index contributed by atoms with van der Waals surface area (Å²) in [5.41, 5.74) is 0. The van der Waals surface area contributed by atoms with Crippen LogP contribution in [0.4, 0.5) is 0 Å². The maximum Gasteiger partial charge on any atom is 0.306 e. The second kappa shape index (κ2) is 54.4. The third-order valence-corrected chi connectivity index (χ3v) is 10.9. The first-order valence-electron chi connectivity index (χ1n) is 27.0. The summed E-state index contributed by atoms with van der Waals surface area (Å²) in [6, 6.07) is 0. The van der Waals surface area contributed by atoms with Crippen molar-refractivity contribution in [2.24, 2.45) is 0 Å². The average molecular weight is 927 g/mol. The molecular weight excluding hydrogens is 829 g/mol. The van der Waals surface area contributed by atoms with E-state index in [0.717, 1.165) is 128 Å². The number of esters is 3. The highest BCUT2D eigenvalue weighted by Gasteiger charge is 2.19. The number of ether oxygens (including phenoxy) is 3. The van der Waals surface area contributed by atoms with Crippen molar-refractivity contribution >= 4 is 17.9 Å². The Morgan fingerprint density at radius 1 is 0.313 bits per heavy atom. The first kappa shape index (κ1) is 62.8. The van der Waals surface area contributed by atoms with Crippen LogP contribution in [-0.4, -0.2) is 37.2 Å². The molecule has 1 atom stereocenters. The minimum Gasteiger partial charge on any atom is -0.462 e. The molecule has 0 spiro atoms. The van der Waals surface area contributed by atoms with Crippen LogP contribution in [0.1, 0.15) is 226 Å². The van der Waals surface area contributed by atoms with Crippen molar-refractivity contribution in [3.8, 4) is 0 Å². The number of carbonyl (C=O) groups excluding carboxylic acids is 3. The highest BCUT2D eigenvalue weighted by molar-refractivity contribution is 5.71. The fourth-order valence-corrected chi connectivity index (χ4v) is 6.92. The lowest BCUT2D eigenvalue weighted by atomic mass is 10.1. The van der Waals surface area contributed by atoms with Gasteiger partial charge >= 0.3 is 17.9 Å². The number of hydrogen-bond acceptors (Lipinski definition) is 6. The molecular formula is C61H98O6. The maximum absolute atomic E-state index is 12.8. The molecule has 0 rings (SSSR count). The maximum atomic E-state index is 12.8. The van der Waals surface area contributed by atoms with Gasteiger partial charge in [-0.1, -0.05) is 200 Å². The summed E-state index contributed by atoms with van der Waals surface area (Å²) in [7, 11) is 0. The summed E-state index contributed by atoms with van der Waals surface area (Å²) in [5.74, 6) is -0.999. The van der Waals surface area contributed by atoms with Gasteiger partial charge in [-0.3, -0.25) is 14.4 Å². The Morgan fingerprint density at radius 3 is 0.970 bits per heavy atom. The van der Waals surface area contributed by atoms with Crippen molar-refractivity contribution in [1.82, 2.24) is 0 Å². The van der Waals surface area contributed by atoms with E-state index in [-0.39, 0.29) is 31.1 Å². The van der Waals surface area contributed by atoms with Crippen molar-refractivity contribution in [2.75, 3.05) is 13.2 Å². The van der Waals surface area contributed by atoms with E-state index in [1.54, 1.807) is 0 Å². The molecule has 0 saturated carbocycles. The third kappa shape index (κ3) is 52.6. The summed E-state index contributed by atoms with van der Waals surface area (Å²) < 4.78 is 16.8. The van der Waals surface area contributed by atoms with E-state index >= 15 is 0 Å². The zero-order valence-corrected chi connectivity index (χ0v) is 43.1. The van der Waals surface area contributed by atoms with Gasteiger partial charge < -0.3 is 14.2 Å². The molecule has 0 N–H and O–H groups in total. The zero-order chi connectivity index (χ0) is 48.6. The van der Waals surface area contributed by atoms with Crippen LogP contribution >= 0.6 is 0 Å². The Kier molecular flexibility index (Phi) is 51.0. The fourth-order valence-electron chi connectivity index (χ4n) is 6.92. The number of allylic oxidation sites excluding steroid dienone is 20. The normalized spacial score (nSPS) is 13.1.